The first-order valence-electron chi connectivity index (χ1n) is 10.3. The summed E-state index contributed by atoms with van der Waals surface area (Å²) < 4.78 is 15.5. The van der Waals surface area contributed by atoms with Crippen molar-refractivity contribution in [3.05, 3.63) is 82.0 Å². The third-order valence-corrected chi connectivity index (χ3v) is 5.83. The van der Waals surface area contributed by atoms with Gasteiger partial charge in [0.15, 0.2) is 12.4 Å². The average molecular weight is 468 g/mol. The fourth-order valence-corrected chi connectivity index (χ4v) is 3.84. The van der Waals surface area contributed by atoms with Gasteiger partial charge in [0.25, 0.3) is 5.91 Å². The first-order valence-corrected chi connectivity index (χ1v) is 11.2. The van der Waals surface area contributed by atoms with Crippen LogP contribution in [0.15, 0.2) is 66.0 Å². The number of rotatable bonds is 11. The van der Waals surface area contributed by atoms with E-state index in [1.54, 1.807) is 31.7 Å². The van der Waals surface area contributed by atoms with Crippen molar-refractivity contribution in [2.75, 3.05) is 20.8 Å². The number of benzene rings is 2. The molecule has 0 aliphatic rings. The molecule has 1 amide bonds. The lowest BCUT2D eigenvalue weighted by molar-refractivity contribution is -0.148. The van der Waals surface area contributed by atoms with E-state index in [2.05, 4.69) is 5.32 Å². The molecule has 0 radical (unpaired) electrons. The van der Waals surface area contributed by atoms with E-state index in [0.717, 1.165) is 11.1 Å². The van der Waals surface area contributed by atoms with E-state index >= 15 is 0 Å². The minimum atomic E-state index is -0.597. The zero-order valence-electron chi connectivity index (χ0n) is 18.4. The van der Waals surface area contributed by atoms with Crippen molar-refractivity contribution in [2.24, 2.45) is 0 Å². The zero-order valence-corrected chi connectivity index (χ0v) is 19.2. The predicted molar refractivity (Wildman–Crippen MR) is 125 cm³/mol. The summed E-state index contributed by atoms with van der Waals surface area (Å²) >= 11 is 1.33. The van der Waals surface area contributed by atoms with Gasteiger partial charge in [-0.3, -0.25) is 14.4 Å². The standard InChI is InChI=1S/C25H25NO6S/c1-30-19-9-5-17(6-10-19)25(18-7-11-20(31-2)12-8-18)26-23(28)16-32-24(29)14-13-21(27)22-4-3-15-33-22/h3-12,15,25H,13-14,16H2,1-2H3,(H,26,28). The van der Waals surface area contributed by atoms with Crippen LogP contribution < -0.4 is 14.8 Å². The van der Waals surface area contributed by atoms with Crippen LogP contribution in [0.3, 0.4) is 0 Å². The summed E-state index contributed by atoms with van der Waals surface area (Å²) in [5.41, 5.74) is 1.67. The van der Waals surface area contributed by atoms with E-state index in [4.69, 9.17) is 14.2 Å². The topological polar surface area (TPSA) is 90.9 Å². The van der Waals surface area contributed by atoms with Crippen molar-refractivity contribution < 1.29 is 28.6 Å². The van der Waals surface area contributed by atoms with Crippen LogP contribution in [0, 0.1) is 0 Å². The summed E-state index contributed by atoms with van der Waals surface area (Å²) in [6, 6.07) is 17.7. The van der Waals surface area contributed by atoms with Crippen LogP contribution in [-0.4, -0.2) is 38.5 Å². The number of Topliss-reactive ketones (excluding diaryl/α,β-unsaturated/α-hetero) is 1. The van der Waals surface area contributed by atoms with Gasteiger partial charge >= 0.3 is 5.97 Å². The van der Waals surface area contributed by atoms with Gasteiger partial charge in [0.05, 0.1) is 31.6 Å². The third kappa shape index (κ3) is 6.92. The van der Waals surface area contributed by atoms with E-state index < -0.39 is 24.5 Å². The van der Waals surface area contributed by atoms with E-state index in [1.165, 1.54) is 11.3 Å². The molecule has 0 aliphatic heterocycles. The third-order valence-electron chi connectivity index (χ3n) is 4.92. The number of thiophene rings is 1. The second kappa shape index (κ2) is 11.8. The van der Waals surface area contributed by atoms with E-state index in [9.17, 15) is 14.4 Å². The van der Waals surface area contributed by atoms with Gasteiger partial charge in [-0.1, -0.05) is 30.3 Å². The van der Waals surface area contributed by atoms with Gasteiger partial charge in [-0.05, 0) is 46.8 Å². The SMILES string of the molecule is COc1ccc(C(NC(=O)COC(=O)CCC(=O)c2cccs2)c2ccc(OC)cc2)cc1. The average Bonchev–Trinajstić information content (AvgIpc) is 3.40. The Kier molecular flexibility index (Phi) is 8.60. The van der Waals surface area contributed by atoms with E-state index in [-0.39, 0.29) is 18.6 Å². The molecular formula is C25H25NO6S. The summed E-state index contributed by atoms with van der Waals surface area (Å²) in [6.45, 7) is -0.436. The van der Waals surface area contributed by atoms with Gasteiger partial charge in [0.1, 0.15) is 11.5 Å². The van der Waals surface area contributed by atoms with Crippen LogP contribution in [0.4, 0.5) is 0 Å². The minimum Gasteiger partial charge on any atom is -0.497 e. The van der Waals surface area contributed by atoms with Gasteiger partial charge in [0.2, 0.25) is 0 Å². The molecule has 3 rings (SSSR count). The van der Waals surface area contributed by atoms with E-state index in [0.29, 0.717) is 16.4 Å². The number of ketones is 1. The van der Waals surface area contributed by atoms with Crippen molar-refractivity contribution in [3.63, 3.8) is 0 Å². The molecule has 8 heteroatoms. The quantitative estimate of drug-likeness (QED) is 0.336. The molecule has 1 heterocycles. The predicted octanol–water partition coefficient (Wildman–Crippen LogP) is 4.18. The summed E-state index contributed by atoms with van der Waals surface area (Å²) in [4.78, 5) is 37.2. The van der Waals surface area contributed by atoms with Gasteiger partial charge in [-0.2, -0.15) is 0 Å². The Balaban J connectivity index is 1.60. The van der Waals surface area contributed by atoms with Gasteiger partial charge in [-0.25, -0.2) is 0 Å². The van der Waals surface area contributed by atoms with Crippen molar-refractivity contribution in [1.82, 2.24) is 5.32 Å². The second-order valence-electron chi connectivity index (χ2n) is 7.11. The second-order valence-corrected chi connectivity index (χ2v) is 8.06. The number of carbonyl (C=O) groups excluding carboxylic acids is 3. The molecule has 0 bridgehead atoms. The summed E-state index contributed by atoms with van der Waals surface area (Å²) in [5, 5.41) is 4.71. The lowest BCUT2D eigenvalue weighted by Crippen LogP contribution is -2.33. The molecule has 0 saturated heterocycles. The first-order chi connectivity index (χ1) is 16.0. The molecule has 1 N–H and O–H groups in total. The Morgan fingerprint density at radius 1 is 0.848 bits per heavy atom. The number of methoxy groups -OCH3 is 2. The van der Waals surface area contributed by atoms with Crippen molar-refractivity contribution in [3.8, 4) is 11.5 Å². The zero-order chi connectivity index (χ0) is 23.6. The largest absolute Gasteiger partial charge is 0.497 e. The van der Waals surface area contributed by atoms with Crippen LogP contribution in [0.5, 0.6) is 11.5 Å². The molecule has 172 valence electrons. The Hall–Kier alpha value is -3.65. The molecule has 1 aromatic heterocycles. The summed E-state index contributed by atoms with van der Waals surface area (Å²) in [6.07, 6.45) is -0.0360. The molecule has 3 aromatic rings. The summed E-state index contributed by atoms with van der Waals surface area (Å²) in [5.74, 6) is 0.227. The highest BCUT2D eigenvalue weighted by molar-refractivity contribution is 7.12. The summed E-state index contributed by atoms with van der Waals surface area (Å²) in [7, 11) is 3.17. The molecule has 0 atom stereocenters. The molecule has 0 aliphatic carbocycles. The highest BCUT2D eigenvalue weighted by Crippen LogP contribution is 2.26. The fourth-order valence-electron chi connectivity index (χ4n) is 3.15. The molecule has 0 spiro atoms. The van der Waals surface area contributed by atoms with Gasteiger partial charge in [-0.15, -0.1) is 11.3 Å². The lowest BCUT2D eigenvalue weighted by atomic mass is 9.98. The normalized spacial score (nSPS) is 10.5. The monoisotopic (exact) mass is 467 g/mol. The van der Waals surface area contributed by atoms with Crippen LogP contribution in [0.1, 0.15) is 39.7 Å². The first kappa shape index (κ1) is 24.0. The Morgan fingerprint density at radius 2 is 1.42 bits per heavy atom. The number of carbonyl (C=O) groups is 3. The van der Waals surface area contributed by atoms with E-state index in [1.807, 2.05) is 48.5 Å². The number of ether oxygens (including phenoxy) is 3. The highest BCUT2D eigenvalue weighted by Gasteiger charge is 2.19. The minimum absolute atomic E-state index is 0.0429. The maximum absolute atomic E-state index is 12.6. The van der Waals surface area contributed by atoms with Crippen LogP contribution in [-0.2, 0) is 14.3 Å². The molecular weight excluding hydrogens is 442 g/mol. The Bertz CT molecular complexity index is 1010. The molecule has 0 saturated carbocycles. The molecule has 33 heavy (non-hydrogen) atoms. The number of hydrogen-bond acceptors (Lipinski definition) is 7. The maximum Gasteiger partial charge on any atom is 0.306 e. The van der Waals surface area contributed by atoms with Gasteiger partial charge < -0.3 is 19.5 Å². The van der Waals surface area contributed by atoms with Crippen LogP contribution >= 0.6 is 11.3 Å². The van der Waals surface area contributed by atoms with Crippen LogP contribution in [0.25, 0.3) is 0 Å². The lowest BCUT2D eigenvalue weighted by Gasteiger charge is -2.20. The molecule has 7 nitrogen and oxygen atoms in total. The van der Waals surface area contributed by atoms with Crippen molar-refractivity contribution in [1.29, 1.82) is 0 Å². The van der Waals surface area contributed by atoms with Gasteiger partial charge in [0, 0.05) is 6.42 Å². The Labute approximate surface area is 196 Å². The molecule has 0 unspecified atom stereocenters. The molecule has 2 aromatic carbocycles. The number of amides is 1. The van der Waals surface area contributed by atoms with Crippen LogP contribution in [0.2, 0.25) is 0 Å². The highest BCUT2D eigenvalue weighted by atomic mass is 32.1. The molecule has 0 fully saturated rings. The van der Waals surface area contributed by atoms with Crippen molar-refractivity contribution in [2.45, 2.75) is 18.9 Å². The maximum atomic E-state index is 12.6. The fraction of sp³-hybridized carbons (Fsp3) is 0.240. The van der Waals surface area contributed by atoms with Crippen molar-refractivity contribution >= 4 is 29.0 Å². The number of hydrogen-bond donors (Lipinski definition) is 1. The smallest absolute Gasteiger partial charge is 0.306 e. The number of esters is 1. The Morgan fingerprint density at radius 3 is 1.91 bits per heavy atom. The number of nitrogens with one attached hydrogen (secondary N) is 1.